The molecule has 90 valence electrons. The molecule has 0 saturated heterocycles. The molecule has 1 rings (SSSR count). The molecule has 0 aromatic heterocycles. The predicted molar refractivity (Wildman–Crippen MR) is 69.2 cm³/mol. The lowest BCUT2D eigenvalue weighted by atomic mass is 10.0. The van der Waals surface area contributed by atoms with Crippen molar-refractivity contribution in [1.82, 2.24) is 0 Å². The summed E-state index contributed by atoms with van der Waals surface area (Å²) in [4.78, 5) is 0. The van der Waals surface area contributed by atoms with Crippen LogP contribution in [0.2, 0.25) is 0 Å². The number of unbranched alkanes of at least 4 members (excludes halogenated alkanes) is 4. The fourth-order valence-electron chi connectivity index (χ4n) is 1.87. The number of nitrogens with two attached hydrogens (primary N) is 1. The largest absolute Gasteiger partial charge is 0.399 e. The van der Waals surface area contributed by atoms with Crippen molar-refractivity contribution in [1.29, 1.82) is 0 Å². The van der Waals surface area contributed by atoms with Gasteiger partial charge in [0.25, 0.3) is 0 Å². The van der Waals surface area contributed by atoms with Crippen LogP contribution in [0.25, 0.3) is 0 Å². The molecule has 2 nitrogen and oxygen atoms in total. The molecule has 0 saturated carbocycles. The normalized spacial score (nSPS) is 12.6. The molecule has 0 aliphatic rings. The lowest BCUT2D eigenvalue weighted by Crippen LogP contribution is -1.98. The summed E-state index contributed by atoms with van der Waals surface area (Å²) in [5.41, 5.74) is 7.34. The Morgan fingerprint density at radius 1 is 1.19 bits per heavy atom. The van der Waals surface area contributed by atoms with Crippen LogP contribution in [0.3, 0.4) is 0 Å². The average Bonchev–Trinajstić information content (AvgIpc) is 2.28. The van der Waals surface area contributed by atoms with Gasteiger partial charge >= 0.3 is 0 Å². The van der Waals surface area contributed by atoms with Crippen LogP contribution >= 0.6 is 0 Å². The van der Waals surface area contributed by atoms with Gasteiger partial charge in [-0.1, -0.05) is 51.2 Å². The zero-order valence-electron chi connectivity index (χ0n) is 10.2. The summed E-state index contributed by atoms with van der Waals surface area (Å²) >= 11 is 0. The summed E-state index contributed by atoms with van der Waals surface area (Å²) in [5, 5.41) is 9.95. The van der Waals surface area contributed by atoms with E-state index in [4.69, 9.17) is 5.73 Å². The van der Waals surface area contributed by atoms with E-state index in [1.54, 1.807) is 0 Å². The van der Waals surface area contributed by atoms with E-state index in [2.05, 4.69) is 6.92 Å². The number of nitrogen functional groups attached to an aromatic ring is 1. The van der Waals surface area contributed by atoms with Crippen LogP contribution in [0.15, 0.2) is 24.3 Å². The Morgan fingerprint density at radius 2 is 1.94 bits per heavy atom. The Kier molecular flexibility index (Phi) is 5.94. The fraction of sp³-hybridized carbons (Fsp3) is 0.571. The SMILES string of the molecule is CCCCCCCC(O)c1cccc(N)c1. The van der Waals surface area contributed by atoms with Gasteiger partial charge in [-0.15, -0.1) is 0 Å². The van der Waals surface area contributed by atoms with Crippen molar-refractivity contribution in [3.05, 3.63) is 29.8 Å². The monoisotopic (exact) mass is 221 g/mol. The molecule has 1 atom stereocenters. The molecule has 1 unspecified atom stereocenters. The van der Waals surface area contributed by atoms with Crippen molar-refractivity contribution in [3.63, 3.8) is 0 Å². The third-order valence-electron chi connectivity index (χ3n) is 2.88. The number of hydrogen-bond acceptors (Lipinski definition) is 2. The van der Waals surface area contributed by atoms with Crippen LogP contribution in [0, 0.1) is 0 Å². The Balaban J connectivity index is 2.27. The van der Waals surface area contributed by atoms with Crippen molar-refractivity contribution in [3.8, 4) is 0 Å². The van der Waals surface area contributed by atoms with Gasteiger partial charge in [0.15, 0.2) is 0 Å². The van der Waals surface area contributed by atoms with Gasteiger partial charge in [0.2, 0.25) is 0 Å². The van der Waals surface area contributed by atoms with Crippen LogP contribution < -0.4 is 5.73 Å². The van der Waals surface area contributed by atoms with Crippen LogP contribution in [-0.4, -0.2) is 5.11 Å². The topological polar surface area (TPSA) is 46.2 Å². The first-order chi connectivity index (χ1) is 7.74. The van der Waals surface area contributed by atoms with E-state index in [0.717, 1.165) is 24.1 Å². The fourth-order valence-corrected chi connectivity index (χ4v) is 1.87. The van der Waals surface area contributed by atoms with Crippen LogP contribution in [0.1, 0.15) is 57.1 Å². The highest BCUT2D eigenvalue weighted by Gasteiger charge is 2.06. The lowest BCUT2D eigenvalue weighted by molar-refractivity contribution is 0.163. The van der Waals surface area contributed by atoms with Crippen molar-refractivity contribution >= 4 is 5.69 Å². The summed E-state index contributed by atoms with van der Waals surface area (Å²) in [6.45, 7) is 2.21. The van der Waals surface area contributed by atoms with E-state index < -0.39 is 0 Å². The maximum absolute atomic E-state index is 9.95. The van der Waals surface area contributed by atoms with Gasteiger partial charge in [0.05, 0.1) is 6.10 Å². The number of aliphatic hydroxyl groups is 1. The predicted octanol–water partition coefficient (Wildman–Crippen LogP) is 3.66. The minimum absolute atomic E-state index is 0.356. The molecule has 0 spiro atoms. The van der Waals surface area contributed by atoms with Gasteiger partial charge in [-0.3, -0.25) is 0 Å². The highest BCUT2D eigenvalue weighted by atomic mass is 16.3. The summed E-state index contributed by atoms with van der Waals surface area (Å²) in [6, 6.07) is 7.53. The second-order valence-electron chi connectivity index (χ2n) is 4.39. The zero-order valence-corrected chi connectivity index (χ0v) is 10.2. The number of anilines is 1. The molecule has 1 aromatic carbocycles. The molecular formula is C14H23NO. The Labute approximate surface area is 98.5 Å². The van der Waals surface area contributed by atoms with Crippen molar-refractivity contribution < 1.29 is 5.11 Å². The summed E-state index contributed by atoms with van der Waals surface area (Å²) in [7, 11) is 0. The Morgan fingerprint density at radius 3 is 2.62 bits per heavy atom. The molecule has 0 heterocycles. The second kappa shape index (κ2) is 7.29. The molecular weight excluding hydrogens is 198 g/mol. The Hall–Kier alpha value is -1.02. The molecule has 0 fully saturated rings. The molecule has 0 aliphatic heterocycles. The van der Waals surface area contributed by atoms with Gasteiger partial charge in [-0.2, -0.15) is 0 Å². The maximum atomic E-state index is 9.95. The van der Waals surface area contributed by atoms with Crippen molar-refractivity contribution in [2.24, 2.45) is 0 Å². The summed E-state index contributed by atoms with van der Waals surface area (Å²) < 4.78 is 0. The first-order valence-corrected chi connectivity index (χ1v) is 6.27. The molecule has 2 heteroatoms. The summed E-state index contributed by atoms with van der Waals surface area (Å²) in [6.07, 6.45) is 6.63. The van der Waals surface area contributed by atoms with Gasteiger partial charge in [-0.05, 0) is 24.1 Å². The minimum atomic E-state index is -0.356. The van der Waals surface area contributed by atoms with Crippen molar-refractivity contribution in [2.75, 3.05) is 5.73 Å². The zero-order chi connectivity index (χ0) is 11.8. The molecule has 0 aliphatic carbocycles. The highest BCUT2D eigenvalue weighted by molar-refractivity contribution is 5.41. The van der Waals surface area contributed by atoms with Crippen LogP contribution in [-0.2, 0) is 0 Å². The summed E-state index contributed by atoms with van der Waals surface area (Å²) in [5.74, 6) is 0. The third kappa shape index (κ3) is 4.67. The van der Waals surface area contributed by atoms with Gasteiger partial charge in [-0.25, -0.2) is 0 Å². The van der Waals surface area contributed by atoms with Crippen LogP contribution in [0.5, 0.6) is 0 Å². The molecule has 0 amide bonds. The molecule has 0 radical (unpaired) electrons. The van der Waals surface area contributed by atoms with Gasteiger partial charge < -0.3 is 10.8 Å². The first-order valence-electron chi connectivity index (χ1n) is 6.27. The Bertz CT molecular complexity index is 299. The number of aliphatic hydroxyl groups excluding tert-OH is 1. The van der Waals surface area contributed by atoms with Gasteiger partial charge in [0.1, 0.15) is 0 Å². The van der Waals surface area contributed by atoms with Crippen LogP contribution in [0.4, 0.5) is 5.69 Å². The lowest BCUT2D eigenvalue weighted by Gasteiger charge is -2.11. The first kappa shape index (κ1) is 13.0. The highest BCUT2D eigenvalue weighted by Crippen LogP contribution is 2.21. The molecule has 3 N–H and O–H groups in total. The van der Waals surface area contributed by atoms with Gasteiger partial charge in [0, 0.05) is 5.69 Å². The van der Waals surface area contributed by atoms with E-state index in [9.17, 15) is 5.11 Å². The van der Waals surface area contributed by atoms with E-state index in [1.807, 2.05) is 24.3 Å². The van der Waals surface area contributed by atoms with E-state index >= 15 is 0 Å². The number of hydrogen-bond donors (Lipinski definition) is 2. The molecule has 16 heavy (non-hydrogen) atoms. The maximum Gasteiger partial charge on any atom is 0.0790 e. The minimum Gasteiger partial charge on any atom is -0.399 e. The number of benzene rings is 1. The second-order valence-corrected chi connectivity index (χ2v) is 4.39. The third-order valence-corrected chi connectivity index (χ3v) is 2.88. The van der Waals surface area contributed by atoms with E-state index in [1.165, 1.54) is 25.7 Å². The standard InChI is InChI=1S/C14H23NO/c1-2-3-4-5-6-10-14(16)12-8-7-9-13(15)11-12/h7-9,11,14,16H,2-6,10,15H2,1H3. The van der Waals surface area contributed by atoms with E-state index in [-0.39, 0.29) is 6.10 Å². The number of rotatable bonds is 7. The molecule has 1 aromatic rings. The van der Waals surface area contributed by atoms with E-state index in [0.29, 0.717) is 0 Å². The average molecular weight is 221 g/mol. The quantitative estimate of drug-likeness (QED) is 0.545. The van der Waals surface area contributed by atoms with Crippen molar-refractivity contribution in [2.45, 2.75) is 51.6 Å². The molecule has 0 bridgehead atoms. The smallest absolute Gasteiger partial charge is 0.0790 e.